The highest BCUT2D eigenvalue weighted by Gasteiger charge is 2.39. The second-order valence-electron chi connectivity index (χ2n) is 11.6. The number of para-hydroxylation sites is 1. The first-order valence-electron chi connectivity index (χ1n) is 14.4. The van der Waals surface area contributed by atoms with E-state index in [1.807, 2.05) is 13.8 Å². The van der Waals surface area contributed by atoms with Crippen molar-refractivity contribution in [1.82, 2.24) is 15.5 Å². The summed E-state index contributed by atoms with van der Waals surface area (Å²) in [5.74, 6) is -0.892. The van der Waals surface area contributed by atoms with E-state index in [4.69, 9.17) is 4.74 Å². The molecule has 3 unspecified atom stereocenters. The number of hydrogen-bond donors (Lipinski definition) is 3. The van der Waals surface area contributed by atoms with Crippen LogP contribution in [0.1, 0.15) is 111 Å². The van der Waals surface area contributed by atoms with E-state index in [1.54, 1.807) is 43.9 Å². The van der Waals surface area contributed by atoms with Gasteiger partial charge in [-0.3, -0.25) is 9.59 Å². The number of nitrogens with one attached hydrogen (secondary N) is 2. The van der Waals surface area contributed by atoms with Gasteiger partial charge in [0.15, 0.2) is 0 Å². The lowest BCUT2D eigenvalue weighted by atomic mass is 9.93. The van der Waals surface area contributed by atoms with E-state index < -0.39 is 23.8 Å². The Morgan fingerprint density at radius 1 is 1.08 bits per heavy atom. The minimum atomic E-state index is -1.02. The predicted octanol–water partition coefficient (Wildman–Crippen LogP) is 5.84. The van der Waals surface area contributed by atoms with E-state index in [-0.39, 0.29) is 29.5 Å². The Morgan fingerprint density at radius 2 is 1.74 bits per heavy atom. The summed E-state index contributed by atoms with van der Waals surface area (Å²) in [5.41, 5.74) is -0.336. The molecule has 0 aromatic heterocycles. The normalized spacial score (nSPS) is 16.7. The third kappa shape index (κ3) is 9.52. The summed E-state index contributed by atoms with van der Waals surface area (Å²) in [4.78, 5) is 42.4. The molecule has 0 bridgehead atoms. The van der Waals surface area contributed by atoms with Crippen LogP contribution in [0.3, 0.4) is 0 Å². The van der Waals surface area contributed by atoms with Crippen LogP contribution in [-0.2, 0) is 14.3 Å². The molecule has 0 heterocycles. The van der Waals surface area contributed by atoms with Crippen LogP contribution in [-0.4, -0.2) is 52.1 Å². The first-order valence-corrected chi connectivity index (χ1v) is 14.4. The van der Waals surface area contributed by atoms with Crippen molar-refractivity contribution in [2.24, 2.45) is 5.92 Å². The first-order chi connectivity index (χ1) is 18.0. The number of carbonyl (C=O) groups is 3. The van der Waals surface area contributed by atoms with E-state index in [0.29, 0.717) is 24.9 Å². The second-order valence-corrected chi connectivity index (χ2v) is 11.6. The number of amides is 3. The molecule has 8 nitrogen and oxygen atoms in total. The van der Waals surface area contributed by atoms with Crippen molar-refractivity contribution < 1.29 is 24.2 Å². The summed E-state index contributed by atoms with van der Waals surface area (Å²) >= 11 is 0. The molecule has 1 aromatic rings. The number of unbranched alkanes of at least 4 members (excludes halogenated alkanes) is 2. The fourth-order valence-electron chi connectivity index (χ4n) is 4.89. The maximum Gasteiger partial charge on any atom is 0.408 e. The number of benzene rings is 1. The van der Waals surface area contributed by atoms with Gasteiger partial charge < -0.3 is 25.4 Å². The van der Waals surface area contributed by atoms with Crippen LogP contribution in [0.2, 0.25) is 0 Å². The zero-order valence-electron chi connectivity index (χ0n) is 24.2. The molecule has 0 aliphatic heterocycles. The summed E-state index contributed by atoms with van der Waals surface area (Å²) in [6.45, 7) is 11.6. The number of phenols is 1. The Bertz CT molecular complexity index is 907. The van der Waals surface area contributed by atoms with Gasteiger partial charge in [-0.05, 0) is 52.0 Å². The van der Waals surface area contributed by atoms with Crippen molar-refractivity contribution in [3.8, 4) is 5.75 Å². The van der Waals surface area contributed by atoms with Crippen LogP contribution in [0.4, 0.5) is 4.79 Å². The number of alkyl carbamates (subject to hydrolysis) is 1. The molecule has 0 spiro atoms. The van der Waals surface area contributed by atoms with Crippen molar-refractivity contribution in [1.29, 1.82) is 0 Å². The largest absolute Gasteiger partial charge is 0.508 e. The molecular weight excluding hydrogens is 482 g/mol. The van der Waals surface area contributed by atoms with Crippen LogP contribution in [0.25, 0.3) is 0 Å². The average molecular weight is 532 g/mol. The third-order valence-corrected chi connectivity index (χ3v) is 7.18. The van der Waals surface area contributed by atoms with Crippen LogP contribution < -0.4 is 10.6 Å². The van der Waals surface area contributed by atoms with Gasteiger partial charge in [-0.25, -0.2) is 4.79 Å². The second kappa shape index (κ2) is 15.0. The number of rotatable bonds is 12. The number of ether oxygens (including phenoxy) is 1. The Labute approximate surface area is 228 Å². The molecule has 0 saturated heterocycles. The highest BCUT2D eigenvalue weighted by Crippen LogP contribution is 2.31. The van der Waals surface area contributed by atoms with Crippen LogP contribution in [0.15, 0.2) is 24.3 Å². The summed E-state index contributed by atoms with van der Waals surface area (Å²) in [7, 11) is 0. The van der Waals surface area contributed by atoms with Gasteiger partial charge in [0.25, 0.3) is 0 Å². The Kier molecular flexibility index (Phi) is 12.4. The smallest absolute Gasteiger partial charge is 0.408 e. The van der Waals surface area contributed by atoms with E-state index in [9.17, 15) is 19.5 Å². The van der Waals surface area contributed by atoms with Crippen LogP contribution in [0, 0.1) is 5.92 Å². The van der Waals surface area contributed by atoms with Crippen molar-refractivity contribution >= 4 is 17.9 Å². The SMILES string of the molecule is CCCCCN(C(=O)C(NC(=O)OC(C)(C)C)C(C)CC)C(C(=O)NC1CCCCC1)c1ccccc1O. The molecule has 1 aliphatic carbocycles. The van der Waals surface area contributed by atoms with Gasteiger partial charge >= 0.3 is 6.09 Å². The fourth-order valence-corrected chi connectivity index (χ4v) is 4.89. The minimum Gasteiger partial charge on any atom is -0.508 e. The number of nitrogens with zero attached hydrogens (tertiary/aromatic N) is 1. The molecule has 214 valence electrons. The molecule has 1 aromatic carbocycles. The molecule has 3 amide bonds. The number of phenolic OH excluding ortho intramolecular Hbond substituents is 1. The maximum absolute atomic E-state index is 14.3. The molecule has 8 heteroatoms. The zero-order valence-corrected chi connectivity index (χ0v) is 24.2. The van der Waals surface area contributed by atoms with Gasteiger partial charge in [0.05, 0.1) is 0 Å². The molecule has 3 atom stereocenters. The Morgan fingerprint density at radius 3 is 2.32 bits per heavy atom. The number of aromatic hydroxyl groups is 1. The monoisotopic (exact) mass is 531 g/mol. The van der Waals surface area contributed by atoms with E-state index >= 15 is 0 Å². The lowest BCUT2D eigenvalue weighted by molar-refractivity contribution is -0.144. The summed E-state index contributed by atoms with van der Waals surface area (Å²) in [6, 6.07) is 4.83. The lowest BCUT2D eigenvalue weighted by Crippen LogP contribution is -2.56. The quantitative estimate of drug-likeness (QED) is 0.294. The maximum atomic E-state index is 14.3. The summed E-state index contributed by atoms with van der Waals surface area (Å²) in [5, 5.41) is 16.8. The molecule has 2 rings (SSSR count). The molecule has 1 aliphatic rings. The molecule has 0 radical (unpaired) electrons. The molecular formula is C30H49N3O5. The number of carbonyl (C=O) groups excluding carboxylic acids is 3. The van der Waals surface area contributed by atoms with Gasteiger partial charge in [-0.2, -0.15) is 0 Å². The Balaban J connectivity index is 2.49. The van der Waals surface area contributed by atoms with Crippen molar-refractivity contribution in [2.45, 2.75) is 123 Å². The summed E-state index contributed by atoms with van der Waals surface area (Å²) in [6.07, 6.45) is 7.57. The predicted molar refractivity (Wildman–Crippen MR) is 150 cm³/mol. The van der Waals surface area contributed by atoms with E-state index in [1.165, 1.54) is 6.07 Å². The average Bonchev–Trinajstić information content (AvgIpc) is 2.86. The van der Waals surface area contributed by atoms with Gasteiger partial charge in [0, 0.05) is 18.2 Å². The van der Waals surface area contributed by atoms with Crippen LogP contribution in [0.5, 0.6) is 5.75 Å². The van der Waals surface area contributed by atoms with E-state index in [0.717, 1.165) is 44.9 Å². The lowest BCUT2D eigenvalue weighted by Gasteiger charge is -2.37. The first kappa shape index (κ1) is 31.4. The molecule has 1 fully saturated rings. The number of hydrogen-bond acceptors (Lipinski definition) is 5. The van der Waals surface area contributed by atoms with E-state index in [2.05, 4.69) is 17.6 Å². The highest BCUT2D eigenvalue weighted by molar-refractivity contribution is 5.92. The van der Waals surface area contributed by atoms with Gasteiger partial charge in [-0.15, -0.1) is 0 Å². The standard InChI is InChI=1S/C30H49N3O5/c1-7-9-15-20-33(28(36)25(21(3)8-2)32-29(37)38-30(4,5)6)26(23-18-13-14-19-24(23)34)27(35)31-22-16-11-10-12-17-22/h13-14,18-19,21-22,25-26,34H,7-12,15-17,20H2,1-6H3,(H,31,35)(H,32,37). The minimum absolute atomic E-state index is 0.0372. The van der Waals surface area contributed by atoms with Gasteiger partial charge in [0.1, 0.15) is 23.4 Å². The van der Waals surface area contributed by atoms with Gasteiger partial charge in [-0.1, -0.05) is 77.5 Å². The molecule has 1 saturated carbocycles. The Hall–Kier alpha value is -2.77. The topological polar surface area (TPSA) is 108 Å². The highest BCUT2D eigenvalue weighted by atomic mass is 16.6. The summed E-state index contributed by atoms with van der Waals surface area (Å²) < 4.78 is 5.46. The molecule has 3 N–H and O–H groups in total. The van der Waals surface area contributed by atoms with Crippen LogP contribution >= 0.6 is 0 Å². The van der Waals surface area contributed by atoms with Crippen molar-refractivity contribution in [3.63, 3.8) is 0 Å². The van der Waals surface area contributed by atoms with Crippen molar-refractivity contribution in [3.05, 3.63) is 29.8 Å². The van der Waals surface area contributed by atoms with Gasteiger partial charge in [0.2, 0.25) is 11.8 Å². The van der Waals surface area contributed by atoms with Crippen molar-refractivity contribution in [2.75, 3.05) is 6.54 Å². The zero-order chi connectivity index (χ0) is 28.3. The fraction of sp³-hybridized carbons (Fsp3) is 0.700. The molecule has 38 heavy (non-hydrogen) atoms. The third-order valence-electron chi connectivity index (χ3n) is 7.18.